The summed E-state index contributed by atoms with van der Waals surface area (Å²) in [5.74, 6) is 0. The van der Waals surface area contributed by atoms with Crippen LogP contribution in [0.2, 0.25) is 0 Å². The molecule has 0 amide bonds. The van der Waals surface area contributed by atoms with Crippen LogP contribution in [0.4, 0.5) is 0 Å². The molecule has 0 aliphatic heterocycles. The average Bonchev–Trinajstić information content (AvgIpc) is 2.77. The molecule has 84 valence electrons. The largest absolute Gasteiger partial charge is 0.308 e. The third-order valence-corrected chi connectivity index (χ3v) is 4.89. The van der Waals surface area contributed by atoms with Crippen LogP contribution in [0.3, 0.4) is 0 Å². The Kier molecular flexibility index (Phi) is 4.37. The molecule has 16 heavy (non-hydrogen) atoms. The van der Waals surface area contributed by atoms with Crippen molar-refractivity contribution in [2.45, 2.75) is 20.0 Å². The van der Waals surface area contributed by atoms with Crippen molar-refractivity contribution in [3.8, 4) is 0 Å². The number of thiophene rings is 1. The van der Waals surface area contributed by atoms with Gasteiger partial charge in [0.2, 0.25) is 0 Å². The topological polar surface area (TPSA) is 12.0 Å². The number of aryl methyl sites for hydroxylation is 1. The third-order valence-electron chi connectivity index (χ3n) is 2.47. The molecule has 1 heterocycles. The molecule has 1 N–H and O–H groups in total. The first-order chi connectivity index (χ1) is 7.77. The van der Waals surface area contributed by atoms with Crippen LogP contribution in [0, 0.1) is 10.5 Å². The summed E-state index contributed by atoms with van der Waals surface area (Å²) in [5.41, 5.74) is 2.74. The van der Waals surface area contributed by atoms with Gasteiger partial charge in [0, 0.05) is 21.5 Å². The maximum Gasteiger partial charge on any atom is 0.0302 e. The van der Waals surface area contributed by atoms with E-state index in [9.17, 15) is 0 Å². The Morgan fingerprint density at radius 3 is 2.81 bits per heavy atom. The minimum Gasteiger partial charge on any atom is -0.308 e. The van der Waals surface area contributed by atoms with Gasteiger partial charge < -0.3 is 5.32 Å². The quantitative estimate of drug-likeness (QED) is 0.829. The van der Waals surface area contributed by atoms with E-state index in [1.54, 1.807) is 11.3 Å². The van der Waals surface area contributed by atoms with Gasteiger partial charge in [-0.2, -0.15) is 0 Å². The van der Waals surface area contributed by atoms with Crippen molar-refractivity contribution in [1.29, 1.82) is 0 Å². The van der Waals surface area contributed by atoms with Crippen LogP contribution in [-0.4, -0.2) is 0 Å². The molecule has 3 heteroatoms. The molecule has 0 bridgehead atoms. The molecule has 0 aliphatic carbocycles. The lowest BCUT2D eigenvalue weighted by molar-refractivity contribution is 0.698. The molecule has 1 aromatic heterocycles. The van der Waals surface area contributed by atoms with Crippen molar-refractivity contribution >= 4 is 33.9 Å². The lowest BCUT2D eigenvalue weighted by Crippen LogP contribution is -2.12. The lowest BCUT2D eigenvalue weighted by atomic mass is 10.1. The fourth-order valence-electron chi connectivity index (χ4n) is 1.58. The van der Waals surface area contributed by atoms with Crippen LogP contribution in [0.5, 0.6) is 0 Å². The standard InChI is InChI=1S/C13H14INS/c1-10-4-2-5-11(13(10)14)8-15-9-12-6-3-7-16-12/h2-7,15H,8-9H2,1H3. The third kappa shape index (κ3) is 3.06. The molecule has 0 atom stereocenters. The fraction of sp³-hybridized carbons (Fsp3) is 0.231. The summed E-state index contributed by atoms with van der Waals surface area (Å²) < 4.78 is 1.37. The smallest absolute Gasteiger partial charge is 0.0302 e. The van der Waals surface area contributed by atoms with Crippen molar-refractivity contribution in [3.05, 3.63) is 55.3 Å². The van der Waals surface area contributed by atoms with Crippen molar-refractivity contribution in [3.63, 3.8) is 0 Å². The first kappa shape index (κ1) is 12.1. The Bertz CT molecular complexity index is 451. The normalized spacial score (nSPS) is 10.6. The van der Waals surface area contributed by atoms with Crippen LogP contribution in [0.15, 0.2) is 35.7 Å². The summed E-state index contributed by atoms with van der Waals surface area (Å²) in [5, 5.41) is 5.60. The van der Waals surface area contributed by atoms with Gasteiger partial charge in [0.05, 0.1) is 0 Å². The molecule has 0 aliphatic rings. The summed E-state index contributed by atoms with van der Waals surface area (Å²) in [4.78, 5) is 1.39. The predicted molar refractivity (Wildman–Crippen MR) is 78.8 cm³/mol. The Morgan fingerprint density at radius 1 is 1.19 bits per heavy atom. The molecule has 0 fully saturated rings. The van der Waals surface area contributed by atoms with Gasteiger partial charge in [0.1, 0.15) is 0 Å². The maximum absolute atomic E-state index is 3.48. The van der Waals surface area contributed by atoms with E-state index in [1.807, 2.05) is 0 Å². The summed E-state index contributed by atoms with van der Waals surface area (Å²) in [7, 11) is 0. The average molecular weight is 343 g/mol. The van der Waals surface area contributed by atoms with E-state index in [0.29, 0.717) is 0 Å². The van der Waals surface area contributed by atoms with Crippen LogP contribution < -0.4 is 5.32 Å². The van der Waals surface area contributed by atoms with E-state index in [0.717, 1.165) is 13.1 Å². The fourth-order valence-corrected chi connectivity index (χ4v) is 2.80. The van der Waals surface area contributed by atoms with Gasteiger partial charge in [-0.15, -0.1) is 11.3 Å². The van der Waals surface area contributed by atoms with E-state index in [2.05, 4.69) is 70.5 Å². The van der Waals surface area contributed by atoms with E-state index >= 15 is 0 Å². The maximum atomic E-state index is 3.48. The molecule has 0 saturated carbocycles. The van der Waals surface area contributed by atoms with Crippen LogP contribution in [0.25, 0.3) is 0 Å². The molecular weight excluding hydrogens is 329 g/mol. The molecule has 0 spiro atoms. The highest BCUT2D eigenvalue weighted by molar-refractivity contribution is 14.1. The zero-order valence-electron chi connectivity index (χ0n) is 9.16. The second-order valence-corrected chi connectivity index (χ2v) is 5.84. The minimum absolute atomic E-state index is 0.942. The minimum atomic E-state index is 0.942. The van der Waals surface area contributed by atoms with E-state index < -0.39 is 0 Å². The molecule has 2 aromatic rings. The zero-order valence-corrected chi connectivity index (χ0v) is 12.1. The second-order valence-electron chi connectivity index (χ2n) is 3.73. The predicted octanol–water partition coefficient (Wildman–Crippen LogP) is 3.95. The van der Waals surface area contributed by atoms with E-state index in [4.69, 9.17) is 0 Å². The highest BCUT2D eigenvalue weighted by atomic mass is 127. The highest BCUT2D eigenvalue weighted by Gasteiger charge is 2.01. The van der Waals surface area contributed by atoms with Gasteiger partial charge >= 0.3 is 0 Å². The number of rotatable bonds is 4. The Labute approximate surface area is 114 Å². The molecule has 2 rings (SSSR count). The lowest BCUT2D eigenvalue weighted by Gasteiger charge is -2.07. The SMILES string of the molecule is Cc1cccc(CNCc2cccs2)c1I. The van der Waals surface area contributed by atoms with Crippen LogP contribution in [-0.2, 0) is 13.1 Å². The number of hydrogen-bond donors (Lipinski definition) is 1. The first-order valence-corrected chi connectivity index (χ1v) is 7.20. The Morgan fingerprint density at radius 2 is 2.06 bits per heavy atom. The van der Waals surface area contributed by atoms with Crippen LogP contribution in [0.1, 0.15) is 16.0 Å². The highest BCUT2D eigenvalue weighted by Crippen LogP contribution is 2.16. The van der Waals surface area contributed by atoms with Gasteiger partial charge in [-0.05, 0) is 52.1 Å². The summed E-state index contributed by atoms with van der Waals surface area (Å²) in [6.07, 6.45) is 0. The van der Waals surface area contributed by atoms with Gasteiger partial charge in [-0.3, -0.25) is 0 Å². The molecule has 1 aromatic carbocycles. The van der Waals surface area contributed by atoms with Gasteiger partial charge in [0.15, 0.2) is 0 Å². The summed E-state index contributed by atoms with van der Waals surface area (Å²) in [6.45, 7) is 4.06. The molecule has 1 nitrogen and oxygen atoms in total. The van der Waals surface area contributed by atoms with Crippen molar-refractivity contribution in [2.24, 2.45) is 0 Å². The summed E-state index contributed by atoms with van der Waals surface area (Å²) in [6, 6.07) is 10.7. The van der Waals surface area contributed by atoms with Gasteiger partial charge in [0.25, 0.3) is 0 Å². The first-order valence-electron chi connectivity index (χ1n) is 5.24. The summed E-state index contributed by atoms with van der Waals surface area (Å²) >= 11 is 4.22. The van der Waals surface area contributed by atoms with Gasteiger partial charge in [-0.25, -0.2) is 0 Å². The Hall–Kier alpha value is -0.390. The Balaban J connectivity index is 1.92. The van der Waals surface area contributed by atoms with E-state index in [1.165, 1.54) is 19.6 Å². The number of halogens is 1. The van der Waals surface area contributed by atoms with Crippen molar-refractivity contribution in [1.82, 2.24) is 5.32 Å². The number of nitrogens with one attached hydrogen (secondary N) is 1. The monoisotopic (exact) mass is 343 g/mol. The number of hydrogen-bond acceptors (Lipinski definition) is 2. The zero-order chi connectivity index (χ0) is 11.4. The van der Waals surface area contributed by atoms with E-state index in [-0.39, 0.29) is 0 Å². The van der Waals surface area contributed by atoms with Gasteiger partial charge in [-0.1, -0.05) is 24.3 Å². The van der Waals surface area contributed by atoms with Crippen LogP contribution >= 0.6 is 33.9 Å². The molecule has 0 radical (unpaired) electrons. The molecule has 0 unspecified atom stereocenters. The van der Waals surface area contributed by atoms with Crippen molar-refractivity contribution < 1.29 is 0 Å². The molecular formula is C13H14INS. The molecule has 0 saturated heterocycles. The van der Waals surface area contributed by atoms with Crippen molar-refractivity contribution in [2.75, 3.05) is 0 Å². The second kappa shape index (κ2) is 5.80. The number of benzene rings is 1.